The molecular weight excluding hydrogens is 985 g/mol. The molecule has 0 atom stereocenters. The molecule has 6 N–H and O–H groups in total. The number of nitrogens with one attached hydrogen (secondary N) is 2. The van der Waals surface area contributed by atoms with Gasteiger partial charge in [0.25, 0.3) is 23.4 Å². The molecule has 0 aromatic heterocycles. The zero-order valence-electron chi connectivity index (χ0n) is 37.8. The molecule has 0 spiro atoms. The van der Waals surface area contributed by atoms with Crippen molar-refractivity contribution in [3.63, 3.8) is 0 Å². The van der Waals surface area contributed by atoms with Gasteiger partial charge >= 0.3 is 24.3 Å². The predicted octanol–water partition coefficient (Wildman–Crippen LogP) is 11.3. The van der Waals surface area contributed by atoms with E-state index in [-0.39, 0.29) is 76.6 Å². The Balaban J connectivity index is 1.26. The number of halogens is 6. The van der Waals surface area contributed by atoms with Gasteiger partial charge < -0.3 is 40.8 Å². The lowest BCUT2D eigenvalue weighted by Gasteiger charge is -2.39. The van der Waals surface area contributed by atoms with E-state index in [4.69, 9.17) is 19.9 Å². The highest BCUT2D eigenvalue weighted by molar-refractivity contribution is 6.42. The lowest BCUT2D eigenvalue weighted by Crippen LogP contribution is -2.55. The molecule has 0 saturated heterocycles. The van der Waals surface area contributed by atoms with Gasteiger partial charge in [-0.15, -0.1) is 0 Å². The number of hydrogen-bond donors (Lipinski definition) is 5. The third kappa shape index (κ3) is 11.2. The molecule has 0 heterocycles. The predicted molar refractivity (Wildman–Crippen MR) is 252 cm³/mol. The van der Waals surface area contributed by atoms with Crippen molar-refractivity contribution in [2.75, 3.05) is 16.4 Å². The minimum atomic E-state index is -6.47. The highest BCUT2D eigenvalue weighted by Crippen LogP contribution is 2.57. The van der Waals surface area contributed by atoms with Gasteiger partial charge in [-0.2, -0.15) is 26.3 Å². The maximum absolute atomic E-state index is 15.7. The van der Waals surface area contributed by atoms with E-state index in [2.05, 4.69) is 10.6 Å². The standard InChI is InChI=1S/C53H35F6N3O12/c1-28(63)29-14-18-35(19-15-29)72-37-10-3-7-33(25-37)61-47(66)43-22-30(16-20-41(43)45(64)49(68)69)51(52(54,55)56,53(57,58)59)31-17-21-42(46(65)50(70)71)44(23-31)48(67)62-34-8-4-11-38(26-34)74-40-13-5-12-39(27-40)73-36-9-2-6-32(60)24-36/h2-27H,60H2,1H3,(H,61,66)(H,62,67)(H,68,69)(H,70,71). The highest BCUT2D eigenvalue weighted by atomic mass is 19.4. The molecule has 7 aromatic carbocycles. The molecule has 0 aliphatic rings. The fourth-order valence-corrected chi connectivity index (χ4v) is 7.56. The summed E-state index contributed by atoms with van der Waals surface area (Å²) in [5.41, 5.74) is -7.55. The summed E-state index contributed by atoms with van der Waals surface area (Å²) in [5, 5.41) is 23.6. The van der Waals surface area contributed by atoms with Gasteiger partial charge in [0, 0.05) is 58.0 Å². The smallest absolute Gasteiger partial charge is 0.411 e. The van der Waals surface area contributed by atoms with E-state index >= 15 is 26.3 Å². The van der Waals surface area contributed by atoms with Crippen LogP contribution in [0, 0.1) is 0 Å². The molecule has 74 heavy (non-hydrogen) atoms. The second-order valence-electron chi connectivity index (χ2n) is 15.9. The van der Waals surface area contributed by atoms with E-state index in [0.29, 0.717) is 22.7 Å². The number of alkyl halides is 6. The first-order valence-electron chi connectivity index (χ1n) is 21.4. The number of nitrogens with two attached hydrogens (primary N) is 1. The summed E-state index contributed by atoms with van der Waals surface area (Å²) in [6, 6.07) is 29.6. The number of carboxylic acids is 2. The average Bonchev–Trinajstić information content (AvgIpc) is 3.33. The minimum absolute atomic E-state index is 0.00431. The third-order valence-corrected chi connectivity index (χ3v) is 10.9. The first-order chi connectivity index (χ1) is 34.9. The van der Waals surface area contributed by atoms with E-state index in [9.17, 15) is 43.8 Å². The maximum Gasteiger partial charge on any atom is 0.411 e. The van der Waals surface area contributed by atoms with Gasteiger partial charge in [-0.05, 0) is 115 Å². The van der Waals surface area contributed by atoms with Gasteiger partial charge in [0.15, 0.2) is 5.78 Å². The number of benzene rings is 7. The Morgan fingerprint density at radius 2 is 0.824 bits per heavy atom. The fourth-order valence-electron chi connectivity index (χ4n) is 7.56. The number of carbonyl (C=O) groups is 7. The lowest BCUT2D eigenvalue weighted by atomic mass is 9.71. The maximum atomic E-state index is 15.7. The number of anilines is 3. The average molecular weight is 1020 g/mol. The number of ketones is 3. The van der Waals surface area contributed by atoms with Crippen molar-refractivity contribution in [1.82, 2.24) is 0 Å². The molecule has 2 amide bonds. The van der Waals surface area contributed by atoms with Gasteiger partial charge in [-0.1, -0.05) is 36.4 Å². The Kier molecular flexibility index (Phi) is 14.7. The van der Waals surface area contributed by atoms with Crippen LogP contribution in [0.3, 0.4) is 0 Å². The van der Waals surface area contributed by atoms with E-state index < -0.39 is 86.5 Å². The Labute approximate surface area is 413 Å². The first-order valence-corrected chi connectivity index (χ1v) is 21.4. The van der Waals surface area contributed by atoms with Crippen LogP contribution in [0.25, 0.3) is 0 Å². The van der Waals surface area contributed by atoms with Crippen molar-refractivity contribution in [1.29, 1.82) is 0 Å². The van der Waals surface area contributed by atoms with E-state index in [1.54, 1.807) is 36.4 Å². The summed E-state index contributed by atoms with van der Waals surface area (Å²) in [4.78, 5) is 89.2. The SMILES string of the molecule is CC(=O)c1ccc(Oc2cccc(NC(=O)c3cc(C(c4ccc(C(=O)C(=O)O)c(C(=O)Nc5cccc(Oc6cccc(Oc7cccc(N)c7)c6)c5)c4)(C(F)(F)F)C(F)(F)F)ccc3C(=O)C(=O)O)c2)cc1. The van der Waals surface area contributed by atoms with Crippen molar-refractivity contribution in [2.45, 2.75) is 24.7 Å². The molecule has 7 aromatic rings. The Morgan fingerprint density at radius 1 is 0.446 bits per heavy atom. The molecule has 15 nitrogen and oxygen atoms in total. The van der Waals surface area contributed by atoms with Crippen molar-refractivity contribution >= 4 is 58.2 Å². The van der Waals surface area contributed by atoms with Crippen LogP contribution in [0.15, 0.2) is 158 Å². The van der Waals surface area contributed by atoms with Crippen molar-refractivity contribution in [2.24, 2.45) is 0 Å². The monoisotopic (exact) mass is 1020 g/mol. The quantitative estimate of drug-likeness (QED) is 0.0247. The summed E-state index contributed by atoms with van der Waals surface area (Å²) >= 11 is 0. The number of amides is 2. The van der Waals surface area contributed by atoms with E-state index in [0.717, 1.165) is 0 Å². The van der Waals surface area contributed by atoms with Gasteiger partial charge in [-0.25, -0.2) is 9.59 Å². The minimum Gasteiger partial charge on any atom is -0.475 e. The number of rotatable bonds is 17. The lowest BCUT2D eigenvalue weighted by molar-refractivity contribution is -0.288. The molecular formula is C53H35F6N3O12. The number of aliphatic carboxylic acids is 2. The highest BCUT2D eigenvalue weighted by Gasteiger charge is 2.72. The summed E-state index contributed by atoms with van der Waals surface area (Å²) in [5.74, 6) is -10.5. The molecule has 0 aliphatic carbocycles. The summed E-state index contributed by atoms with van der Waals surface area (Å²) < 4.78 is 112. The number of nitrogen functional groups attached to an aromatic ring is 1. The van der Waals surface area contributed by atoms with Crippen LogP contribution < -0.4 is 30.6 Å². The van der Waals surface area contributed by atoms with E-state index in [1.165, 1.54) is 91.9 Å². The number of carbonyl (C=O) groups excluding carboxylic acids is 5. The normalized spacial score (nSPS) is 11.4. The Morgan fingerprint density at radius 3 is 1.22 bits per heavy atom. The molecule has 0 fully saturated rings. The number of ether oxygens (including phenoxy) is 3. The second-order valence-corrected chi connectivity index (χ2v) is 15.9. The number of carboxylic acid groups (broad SMARTS) is 2. The molecule has 0 unspecified atom stereocenters. The molecule has 0 saturated carbocycles. The largest absolute Gasteiger partial charge is 0.475 e. The van der Waals surface area contributed by atoms with Crippen molar-refractivity contribution in [3.8, 4) is 34.5 Å². The van der Waals surface area contributed by atoms with Crippen LogP contribution in [0.2, 0.25) is 0 Å². The van der Waals surface area contributed by atoms with Crippen LogP contribution >= 0.6 is 0 Å². The van der Waals surface area contributed by atoms with Gasteiger partial charge in [0.1, 0.15) is 34.5 Å². The van der Waals surface area contributed by atoms with Crippen LogP contribution in [-0.2, 0) is 15.0 Å². The zero-order chi connectivity index (χ0) is 53.7. The third-order valence-electron chi connectivity index (χ3n) is 10.9. The van der Waals surface area contributed by atoms with Crippen LogP contribution in [0.4, 0.5) is 43.4 Å². The van der Waals surface area contributed by atoms with Crippen molar-refractivity contribution in [3.05, 3.63) is 197 Å². The Bertz CT molecular complexity index is 3380. The van der Waals surface area contributed by atoms with Gasteiger partial charge in [-0.3, -0.25) is 24.0 Å². The fraction of sp³-hybridized carbons (Fsp3) is 0.0755. The van der Waals surface area contributed by atoms with Gasteiger partial charge in [0.05, 0.1) is 11.1 Å². The summed E-state index contributed by atoms with van der Waals surface area (Å²) in [6.45, 7) is 1.34. The van der Waals surface area contributed by atoms with Crippen LogP contribution in [0.1, 0.15) is 69.8 Å². The first kappa shape index (κ1) is 52.0. The molecule has 21 heteroatoms. The van der Waals surface area contributed by atoms with Gasteiger partial charge in [0.2, 0.25) is 5.41 Å². The molecule has 0 bridgehead atoms. The topological polar surface area (TPSA) is 238 Å². The van der Waals surface area contributed by atoms with Crippen molar-refractivity contribution < 1.29 is 84.3 Å². The van der Waals surface area contributed by atoms with Crippen LogP contribution in [-0.4, -0.2) is 63.7 Å². The number of Topliss-reactive ketones (excluding diaryl/α,β-unsaturated/α-hetero) is 3. The number of hydrogen-bond acceptors (Lipinski definition) is 11. The molecule has 376 valence electrons. The molecule has 7 rings (SSSR count). The molecule has 0 aliphatic heterocycles. The summed E-state index contributed by atoms with van der Waals surface area (Å²) in [6.07, 6.45) is -12.9. The van der Waals surface area contributed by atoms with Crippen LogP contribution in [0.5, 0.6) is 34.5 Å². The second kappa shape index (κ2) is 20.9. The molecule has 0 radical (unpaired) electrons. The Hall–Kier alpha value is -9.79. The summed E-state index contributed by atoms with van der Waals surface area (Å²) in [7, 11) is 0. The zero-order valence-corrected chi connectivity index (χ0v) is 37.8. The van der Waals surface area contributed by atoms with E-state index in [1.807, 2.05) is 0 Å².